The van der Waals surface area contributed by atoms with Crippen molar-refractivity contribution in [1.82, 2.24) is 0 Å². The zero-order chi connectivity index (χ0) is 18.8. The molecule has 0 radical (unpaired) electrons. The fourth-order valence-corrected chi connectivity index (χ4v) is 3.88. The molecule has 1 aromatic heterocycles. The third kappa shape index (κ3) is 3.81. The van der Waals surface area contributed by atoms with Crippen LogP contribution in [0.1, 0.15) is 30.4 Å². The van der Waals surface area contributed by atoms with Crippen LogP contribution in [0.5, 0.6) is 0 Å². The summed E-state index contributed by atoms with van der Waals surface area (Å²) in [5, 5.41) is 5.06. The van der Waals surface area contributed by atoms with E-state index >= 15 is 0 Å². The Hall–Kier alpha value is -2.46. The summed E-state index contributed by atoms with van der Waals surface area (Å²) in [7, 11) is 0. The van der Waals surface area contributed by atoms with Gasteiger partial charge in [0, 0.05) is 36.1 Å². The third-order valence-corrected chi connectivity index (χ3v) is 5.59. The van der Waals surface area contributed by atoms with Gasteiger partial charge in [-0.3, -0.25) is 0 Å². The van der Waals surface area contributed by atoms with E-state index in [0.29, 0.717) is 17.2 Å². The molecular weight excluding hydrogens is 360 g/mol. The monoisotopic (exact) mass is 382 g/mol. The van der Waals surface area contributed by atoms with Crippen molar-refractivity contribution < 1.29 is 4.42 Å². The van der Waals surface area contributed by atoms with Gasteiger partial charge in [0.15, 0.2) is 0 Å². The average molecular weight is 383 g/mol. The molecule has 4 rings (SSSR count). The first-order chi connectivity index (χ1) is 13.1. The lowest BCUT2D eigenvalue weighted by Gasteiger charge is -2.30. The van der Waals surface area contributed by atoms with E-state index in [4.69, 9.17) is 16.0 Å². The van der Waals surface area contributed by atoms with Crippen LogP contribution in [-0.2, 0) is 6.54 Å². The summed E-state index contributed by atoms with van der Waals surface area (Å²) in [6.45, 7) is 4.62. The Morgan fingerprint density at radius 2 is 1.89 bits per heavy atom. The molecule has 0 aliphatic carbocycles. The lowest BCUT2D eigenvalue weighted by molar-refractivity contribution is 0.559. The second-order valence-electron chi connectivity index (χ2n) is 7.11. The van der Waals surface area contributed by atoms with Crippen LogP contribution in [0.3, 0.4) is 0 Å². The number of fused-ring (bicyclic) bond motifs is 1. The molecule has 0 unspecified atom stereocenters. The van der Waals surface area contributed by atoms with E-state index in [-0.39, 0.29) is 5.63 Å². The van der Waals surface area contributed by atoms with Gasteiger partial charge in [-0.15, -0.1) is 0 Å². The molecule has 1 fully saturated rings. The summed E-state index contributed by atoms with van der Waals surface area (Å²) < 4.78 is 5.36. The fraction of sp³-hybridized carbons (Fsp3) is 0.318. The molecule has 1 aliphatic rings. The van der Waals surface area contributed by atoms with Gasteiger partial charge in [0.05, 0.1) is 11.4 Å². The Labute approximate surface area is 163 Å². The number of nitrogens with zero attached hydrogens (tertiary/aromatic N) is 1. The Balaban J connectivity index is 1.65. The van der Waals surface area contributed by atoms with Crippen molar-refractivity contribution in [1.29, 1.82) is 0 Å². The number of para-hydroxylation sites is 2. The van der Waals surface area contributed by atoms with Gasteiger partial charge in [-0.05, 0) is 61.6 Å². The number of rotatable bonds is 4. The maximum atomic E-state index is 12.0. The molecule has 1 N–H and O–H groups in total. The maximum absolute atomic E-state index is 12.0. The number of halogens is 1. The van der Waals surface area contributed by atoms with Crippen molar-refractivity contribution in [2.24, 2.45) is 0 Å². The van der Waals surface area contributed by atoms with E-state index in [0.717, 1.165) is 35.3 Å². The number of benzene rings is 2. The van der Waals surface area contributed by atoms with Crippen molar-refractivity contribution in [3.8, 4) is 0 Å². The minimum Gasteiger partial charge on any atom is -0.423 e. The van der Waals surface area contributed by atoms with E-state index in [1.54, 1.807) is 6.07 Å². The normalized spacial score (nSPS) is 14.5. The first-order valence-electron chi connectivity index (χ1n) is 9.42. The van der Waals surface area contributed by atoms with E-state index in [1.165, 1.54) is 24.9 Å². The smallest absolute Gasteiger partial charge is 0.336 e. The molecule has 2 heterocycles. The van der Waals surface area contributed by atoms with E-state index < -0.39 is 0 Å². The number of nitrogens with one attached hydrogen (secondary N) is 1. The van der Waals surface area contributed by atoms with Gasteiger partial charge < -0.3 is 14.6 Å². The van der Waals surface area contributed by atoms with Crippen molar-refractivity contribution in [2.75, 3.05) is 23.3 Å². The molecule has 0 bridgehead atoms. The fourth-order valence-electron chi connectivity index (χ4n) is 3.72. The number of piperidine rings is 1. The standard InChI is InChI=1S/C22H23ClN2O2/c1-15-11-21-17(13-18(15)23)16(12-22(26)27-21)14-24-19-7-3-4-8-20(19)25-9-5-2-6-10-25/h3-4,7-8,11-13,24H,2,5-6,9-10,14H2,1H3. The summed E-state index contributed by atoms with van der Waals surface area (Å²) in [4.78, 5) is 14.4. The summed E-state index contributed by atoms with van der Waals surface area (Å²) in [5.41, 5.74) is 4.32. The van der Waals surface area contributed by atoms with Gasteiger partial charge in [-0.1, -0.05) is 23.7 Å². The first kappa shape index (κ1) is 17.9. The predicted molar refractivity (Wildman–Crippen MR) is 112 cm³/mol. The average Bonchev–Trinajstić information content (AvgIpc) is 2.68. The Bertz CT molecular complexity index is 1020. The second kappa shape index (κ2) is 7.65. The molecule has 3 aromatic rings. The van der Waals surface area contributed by atoms with Crippen LogP contribution < -0.4 is 15.8 Å². The second-order valence-corrected chi connectivity index (χ2v) is 7.51. The van der Waals surface area contributed by atoms with Gasteiger partial charge in [0.2, 0.25) is 0 Å². The zero-order valence-electron chi connectivity index (χ0n) is 15.4. The Morgan fingerprint density at radius 1 is 1.11 bits per heavy atom. The van der Waals surface area contributed by atoms with Crippen molar-refractivity contribution in [2.45, 2.75) is 32.7 Å². The van der Waals surface area contributed by atoms with Crippen LogP contribution in [0.15, 0.2) is 51.7 Å². The molecule has 0 atom stereocenters. The minimum absolute atomic E-state index is 0.342. The Kier molecular flexibility index (Phi) is 5.08. The predicted octanol–water partition coefficient (Wildman–Crippen LogP) is 5.36. The van der Waals surface area contributed by atoms with Gasteiger partial charge in [-0.25, -0.2) is 4.79 Å². The zero-order valence-corrected chi connectivity index (χ0v) is 16.2. The molecule has 0 spiro atoms. The molecule has 2 aromatic carbocycles. The van der Waals surface area contributed by atoms with Crippen LogP contribution in [0.25, 0.3) is 11.0 Å². The largest absolute Gasteiger partial charge is 0.423 e. The number of hydrogen-bond donors (Lipinski definition) is 1. The van der Waals surface area contributed by atoms with Crippen LogP contribution in [0, 0.1) is 6.92 Å². The van der Waals surface area contributed by atoms with E-state index in [1.807, 2.05) is 25.1 Å². The van der Waals surface area contributed by atoms with Crippen LogP contribution >= 0.6 is 11.6 Å². The Morgan fingerprint density at radius 3 is 2.70 bits per heavy atom. The summed E-state index contributed by atoms with van der Waals surface area (Å²) >= 11 is 6.30. The third-order valence-electron chi connectivity index (χ3n) is 5.18. The van der Waals surface area contributed by atoms with Crippen LogP contribution in [0.4, 0.5) is 11.4 Å². The van der Waals surface area contributed by atoms with E-state index in [2.05, 4.69) is 28.4 Å². The number of aryl methyl sites for hydroxylation is 1. The van der Waals surface area contributed by atoms with Crippen LogP contribution in [-0.4, -0.2) is 13.1 Å². The lowest BCUT2D eigenvalue weighted by Crippen LogP contribution is -2.30. The van der Waals surface area contributed by atoms with Gasteiger partial charge in [0.25, 0.3) is 0 Å². The topological polar surface area (TPSA) is 45.5 Å². The summed E-state index contributed by atoms with van der Waals surface area (Å²) in [6.07, 6.45) is 3.77. The number of anilines is 2. The molecule has 27 heavy (non-hydrogen) atoms. The highest BCUT2D eigenvalue weighted by Crippen LogP contribution is 2.30. The van der Waals surface area contributed by atoms with Gasteiger partial charge in [0.1, 0.15) is 5.58 Å². The molecule has 5 heteroatoms. The molecule has 1 aliphatic heterocycles. The number of hydrogen-bond acceptors (Lipinski definition) is 4. The highest BCUT2D eigenvalue weighted by molar-refractivity contribution is 6.32. The quantitative estimate of drug-likeness (QED) is 0.617. The highest BCUT2D eigenvalue weighted by Gasteiger charge is 2.15. The molecular formula is C22H23ClN2O2. The first-order valence-corrected chi connectivity index (χ1v) is 9.80. The van der Waals surface area contributed by atoms with Gasteiger partial charge >= 0.3 is 5.63 Å². The van der Waals surface area contributed by atoms with Crippen molar-refractivity contribution in [3.05, 3.63) is 69.0 Å². The summed E-state index contributed by atoms with van der Waals surface area (Å²) in [6, 6.07) is 13.6. The van der Waals surface area contributed by atoms with Crippen molar-refractivity contribution in [3.63, 3.8) is 0 Å². The lowest BCUT2D eigenvalue weighted by atomic mass is 10.1. The minimum atomic E-state index is -0.342. The van der Waals surface area contributed by atoms with Gasteiger partial charge in [-0.2, -0.15) is 0 Å². The molecule has 4 nitrogen and oxygen atoms in total. The molecule has 1 saturated heterocycles. The highest BCUT2D eigenvalue weighted by atomic mass is 35.5. The maximum Gasteiger partial charge on any atom is 0.336 e. The SMILES string of the molecule is Cc1cc2oc(=O)cc(CNc3ccccc3N3CCCCC3)c2cc1Cl. The summed E-state index contributed by atoms with van der Waals surface area (Å²) in [5.74, 6) is 0. The molecule has 140 valence electrons. The molecule has 0 amide bonds. The molecule has 0 saturated carbocycles. The van der Waals surface area contributed by atoms with Crippen molar-refractivity contribution >= 4 is 33.9 Å². The van der Waals surface area contributed by atoms with E-state index in [9.17, 15) is 4.79 Å². The van der Waals surface area contributed by atoms with Crippen LogP contribution in [0.2, 0.25) is 5.02 Å².